The molecule has 0 heterocycles. The van der Waals surface area contributed by atoms with Crippen LogP contribution < -0.4 is 10.6 Å². The van der Waals surface area contributed by atoms with Crippen molar-refractivity contribution in [3.63, 3.8) is 0 Å². The minimum Gasteiger partial charge on any atom is -0.466 e. The lowest BCUT2D eigenvalue weighted by molar-refractivity contribution is -0.142. The first-order valence-corrected chi connectivity index (χ1v) is 6.35. The van der Waals surface area contributed by atoms with Gasteiger partial charge in [0.25, 0.3) is 0 Å². The van der Waals surface area contributed by atoms with Crippen molar-refractivity contribution in [1.29, 1.82) is 0 Å². The molecule has 2 N–H and O–H groups in total. The molecule has 0 bridgehead atoms. The quantitative estimate of drug-likeness (QED) is 0.769. The highest BCUT2D eigenvalue weighted by Crippen LogP contribution is 2.05. The average molecular weight is 264 g/mol. The van der Waals surface area contributed by atoms with Gasteiger partial charge in [0, 0.05) is 13.1 Å². The number of esters is 1. The van der Waals surface area contributed by atoms with Crippen molar-refractivity contribution in [2.75, 3.05) is 13.2 Å². The number of nitrogens with one attached hydrogen (secondary N) is 2. The number of hydrogen-bond acceptors (Lipinski definition) is 3. The van der Waals surface area contributed by atoms with E-state index in [9.17, 15) is 9.59 Å². The molecule has 0 fully saturated rings. The maximum atomic E-state index is 11.5. The number of carbonyl (C=O) groups is 2. The summed E-state index contributed by atoms with van der Waals surface area (Å²) < 4.78 is 4.76. The van der Waals surface area contributed by atoms with Crippen LogP contribution in [0.25, 0.3) is 0 Å². The summed E-state index contributed by atoms with van der Waals surface area (Å²) in [6, 6.07) is 7.57. The number of hydrogen-bond donors (Lipinski definition) is 2. The van der Waals surface area contributed by atoms with E-state index in [1.807, 2.05) is 31.2 Å². The van der Waals surface area contributed by atoms with Crippen molar-refractivity contribution in [3.8, 4) is 0 Å². The van der Waals surface area contributed by atoms with Gasteiger partial charge in [0.15, 0.2) is 0 Å². The van der Waals surface area contributed by atoms with Crippen LogP contribution >= 0.6 is 0 Å². The van der Waals surface area contributed by atoms with Gasteiger partial charge >= 0.3 is 12.0 Å². The van der Waals surface area contributed by atoms with Crippen LogP contribution in [0.15, 0.2) is 24.3 Å². The Kier molecular flexibility index (Phi) is 6.43. The van der Waals surface area contributed by atoms with Crippen molar-refractivity contribution >= 4 is 12.0 Å². The van der Waals surface area contributed by atoms with Crippen LogP contribution in [0.1, 0.15) is 24.5 Å². The molecule has 0 atom stereocenters. The SMILES string of the molecule is CCOC(=O)CCNC(=O)NCc1ccccc1C. The zero-order valence-electron chi connectivity index (χ0n) is 11.4. The van der Waals surface area contributed by atoms with Crippen molar-refractivity contribution in [2.24, 2.45) is 0 Å². The molecule has 0 aliphatic rings. The smallest absolute Gasteiger partial charge is 0.315 e. The summed E-state index contributed by atoms with van der Waals surface area (Å²) in [4.78, 5) is 22.5. The number of carbonyl (C=O) groups excluding carboxylic acids is 2. The van der Waals surface area contributed by atoms with Crippen molar-refractivity contribution in [3.05, 3.63) is 35.4 Å². The van der Waals surface area contributed by atoms with Gasteiger partial charge in [-0.1, -0.05) is 24.3 Å². The van der Waals surface area contributed by atoms with Crippen LogP contribution in [-0.2, 0) is 16.1 Å². The van der Waals surface area contributed by atoms with Gasteiger partial charge in [-0.05, 0) is 25.0 Å². The second-order valence-corrected chi connectivity index (χ2v) is 4.09. The monoisotopic (exact) mass is 264 g/mol. The summed E-state index contributed by atoms with van der Waals surface area (Å²) in [5.41, 5.74) is 2.21. The molecule has 19 heavy (non-hydrogen) atoms. The molecule has 5 heteroatoms. The van der Waals surface area contributed by atoms with Gasteiger partial charge in [-0.25, -0.2) is 4.79 Å². The first-order chi connectivity index (χ1) is 9.13. The summed E-state index contributed by atoms with van der Waals surface area (Å²) in [6.07, 6.45) is 0.186. The molecule has 0 saturated carbocycles. The zero-order valence-corrected chi connectivity index (χ0v) is 11.4. The maximum absolute atomic E-state index is 11.5. The number of amides is 2. The molecule has 5 nitrogen and oxygen atoms in total. The van der Waals surface area contributed by atoms with Gasteiger partial charge in [0.2, 0.25) is 0 Å². The van der Waals surface area contributed by atoms with Crippen molar-refractivity contribution in [1.82, 2.24) is 10.6 Å². The molecular formula is C14H20N2O3. The summed E-state index contributed by atoms with van der Waals surface area (Å²) in [7, 11) is 0. The highest BCUT2D eigenvalue weighted by molar-refractivity contribution is 5.75. The third kappa shape index (κ3) is 5.90. The fraction of sp³-hybridized carbons (Fsp3) is 0.429. The van der Waals surface area contributed by atoms with E-state index in [0.717, 1.165) is 11.1 Å². The van der Waals surface area contributed by atoms with Crippen LogP contribution in [-0.4, -0.2) is 25.2 Å². The predicted octanol–water partition coefficient (Wildman–Crippen LogP) is 1.75. The van der Waals surface area contributed by atoms with E-state index in [0.29, 0.717) is 13.2 Å². The molecule has 2 amide bonds. The second kappa shape index (κ2) is 8.13. The lowest BCUT2D eigenvalue weighted by Gasteiger charge is -2.09. The van der Waals surface area contributed by atoms with Gasteiger partial charge in [0.05, 0.1) is 13.0 Å². The van der Waals surface area contributed by atoms with Gasteiger partial charge < -0.3 is 15.4 Å². The zero-order chi connectivity index (χ0) is 14.1. The highest BCUT2D eigenvalue weighted by atomic mass is 16.5. The summed E-state index contributed by atoms with van der Waals surface area (Å²) >= 11 is 0. The van der Waals surface area contributed by atoms with Crippen molar-refractivity contribution < 1.29 is 14.3 Å². The third-order valence-electron chi connectivity index (χ3n) is 2.62. The molecule has 1 aromatic rings. The van der Waals surface area contributed by atoms with Crippen LogP contribution in [0.4, 0.5) is 4.79 Å². The molecule has 0 saturated heterocycles. The van der Waals surface area contributed by atoms with E-state index in [-0.39, 0.29) is 25.0 Å². The van der Waals surface area contributed by atoms with E-state index >= 15 is 0 Å². The van der Waals surface area contributed by atoms with Crippen molar-refractivity contribution in [2.45, 2.75) is 26.8 Å². The van der Waals surface area contributed by atoms with E-state index in [1.165, 1.54) is 0 Å². The fourth-order valence-electron chi connectivity index (χ4n) is 1.56. The normalized spacial score (nSPS) is 9.79. The fourth-order valence-corrected chi connectivity index (χ4v) is 1.56. The average Bonchev–Trinajstić information content (AvgIpc) is 2.38. The summed E-state index contributed by atoms with van der Waals surface area (Å²) in [5, 5.41) is 5.35. The molecule has 1 rings (SSSR count). The molecule has 0 radical (unpaired) electrons. The Labute approximate surface area is 113 Å². The third-order valence-corrected chi connectivity index (χ3v) is 2.62. The topological polar surface area (TPSA) is 67.4 Å². The Morgan fingerprint density at radius 2 is 1.95 bits per heavy atom. The van der Waals surface area contributed by atoms with Gasteiger partial charge in [-0.15, -0.1) is 0 Å². The Morgan fingerprint density at radius 3 is 2.63 bits per heavy atom. The molecule has 0 aromatic heterocycles. The van der Waals surface area contributed by atoms with Crippen LogP contribution in [0.3, 0.4) is 0 Å². The maximum Gasteiger partial charge on any atom is 0.315 e. The van der Waals surface area contributed by atoms with E-state index in [1.54, 1.807) is 6.92 Å². The van der Waals surface area contributed by atoms with Crippen LogP contribution in [0.2, 0.25) is 0 Å². The molecule has 0 spiro atoms. The second-order valence-electron chi connectivity index (χ2n) is 4.09. The van der Waals surface area contributed by atoms with E-state index in [2.05, 4.69) is 10.6 Å². The molecule has 1 aromatic carbocycles. The van der Waals surface area contributed by atoms with E-state index in [4.69, 9.17) is 4.74 Å². The first kappa shape index (κ1) is 15.0. The minimum atomic E-state index is -0.304. The number of urea groups is 1. The molecular weight excluding hydrogens is 244 g/mol. The number of benzene rings is 1. The Morgan fingerprint density at radius 1 is 1.21 bits per heavy atom. The Balaban J connectivity index is 2.22. The minimum absolute atomic E-state index is 0.186. The molecule has 0 aliphatic heterocycles. The molecule has 0 unspecified atom stereocenters. The highest BCUT2D eigenvalue weighted by Gasteiger charge is 2.04. The molecule has 0 aliphatic carbocycles. The van der Waals surface area contributed by atoms with Crippen LogP contribution in [0, 0.1) is 6.92 Å². The molecule has 104 valence electrons. The Hall–Kier alpha value is -2.04. The summed E-state index contributed by atoms with van der Waals surface area (Å²) in [6.45, 7) is 4.85. The number of ether oxygens (including phenoxy) is 1. The van der Waals surface area contributed by atoms with Crippen LogP contribution in [0.5, 0.6) is 0 Å². The predicted molar refractivity (Wildman–Crippen MR) is 72.7 cm³/mol. The van der Waals surface area contributed by atoms with Gasteiger partial charge in [-0.2, -0.15) is 0 Å². The summed E-state index contributed by atoms with van der Waals surface area (Å²) in [5.74, 6) is -0.304. The standard InChI is InChI=1S/C14H20N2O3/c1-3-19-13(17)8-9-15-14(18)16-10-12-7-5-4-6-11(12)2/h4-7H,3,8-10H2,1-2H3,(H2,15,16,18). The van der Waals surface area contributed by atoms with Gasteiger partial charge in [-0.3, -0.25) is 4.79 Å². The number of aryl methyl sites for hydroxylation is 1. The van der Waals surface area contributed by atoms with E-state index < -0.39 is 0 Å². The Bertz CT molecular complexity index is 432. The number of rotatable bonds is 6. The van der Waals surface area contributed by atoms with Gasteiger partial charge in [0.1, 0.15) is 0 Å². The first-order valence-electron chi connectivity index (χ1n) is 6.35. The largest absolute Gasteiger partial charge is 0.466 e. The lowest BCUT2D eigenvalue weighted by Crippen LogP contribution is -2.36. The lowest BCUT2D eigenvalue weighted by atomic mass is 10.1.